The maximum Gasteiger partial charge on any atom is 0.701 e. The van der Waals surface area contributed by atoms with Gasteiger partial charge in [0.25, 0.3) is 0 Å². The van der Waals surface area contributed by atoms with Gasteiger partial charge >= 0.3 is 14.4 Å². The first-order chi connectivity index (χ1) is 8.56. The van der Waals surface area contributed by atoms with E-state index in [0.29, 0.717) is 0 Å². The smallest absolute Gasteiger partial charge is 0.395 e. The molecule has 0 aliphatic heterocycles. The second-order valence-corrected chi connectivity index (χ2v) is 3.81. The van der Waals surface area contributed by atoms with E-state index in [4.69, 9.17) is 29.1 Å². The van der Waals surface area contributed by atoms with E-state index in [1.54, 1.807) is 13.8 Å². The summed E-state index contributed by atoms with van der Waals surface area (Å²) in [4.78, 5) is 10.2. The predicted octanol–water partition coefficient (Wildman–Crippen LogP) is -0.376. The average Bonchev–Trinajstić information content (AvgIpc) is 2.28. The molecule has 0 saturated carbocycles. The lowest BCUT2D eigenvalue weighted by Crippen LogP contribution is -2.56. The second kappa shape index (κ2) is 9.71. The van der Waals surface area contributed by atoms with Crippen molar-refractivity contribution >= 4 is 8.25 Å². The number of aliphatic hydroxyl groups is 2. The molecule has 0 aromatic carbocycles. The molecule has 0 aromatic rings. The maximum absolute atomic E-state index is 10.9. The molecule has 9 heteroatoms. The van der Waals surface area contributed by atoms with Gasteiger partial charge < -0.3 is 19.7 Å². The Morgan fingerprint density at radius 3 is 1.83 bits per heavy atom. The van der Waals surface area contributed by atoms with Gasteiger partial charge in [-0.1, -0.05) is 0 Å². The minimum atomic E-state index is -2.97. The Balaban J connectivity index is 5.09. The minimum absolute atomic E-state index is 0.0593. The van der Waals surface area contributed by atoms with Crippen LogP contribution in [0, 0.1) is 0 Å². The molecule has 0 aliphatic carbocycles. The summed E-state index contributed by atoms with van der Waals surface area (Å²) in [7, 11) is -2.97. The van der Waals surface area contributed by atoms with Crippen LogP contribution in [0.2, 0.25) is 0 Å². The van der Waals surface area contributed by atoms with Crippen LogP contribution in [0.5, 0.6) is 0 Å². The third kappa shape index (κ3) is 5.64. The quantitative estimate of drug-likeness (QED) is 0.348. The molecule has 0 spiro atoms. The highest BCUT2D eigenvalue weighted by atomic mass is 31.1. The predicted molar refractivity (Wildman–Crippen MR) is 62.6 cm³/mol. The van der Waals surface area contributed by atoms with Crippen LogP contribution < -0.4 is 0 Å². The van der Waals surface area contributed by atoms with Crippen LogP contribution in [-0.2, 0) is 18.6 Å². The van der Waals surface area contributed by atoms with Crippen molar-refractivity contribution in [3.8, 4) is 0 Å². The molecule has 8 nitrogen and oxygen atoms in total. The highest BCUT2D eigenvalue weighted by molar-refractivity contribution is 7.32. The fourth-order valence-electron chi connectivity index (χ4n) is 1.43. The third-order valence-electron chi connectivity index (χ3n) is 1.97. The summed E-state index contributed by atoms with van der Waals surface area (Å²) in [5.74, 6) is 0. The van der Waals surface area contributed by atoms with E-state index < -0.39 is 14.4 Å². The van der Waals surface area contributed by atoms with Gasteiger partial charge in [0.1, 0.15) is 0 Å². The Morgan fingerprint density at radius 1 is 1.11 bits per heavy atom. The molecule has 0 heterocycles. The lowest BCUT2D eigenvalue weighted by atomic mass is 10.5. The van der Waals surface area contributed by atoms with Crippen molar-refractivity contribution in [1.82, 2.24) is 4.90 Å². The molecule has 0 bridgehead atoms. The zero-order chi connectivity index (χ0) is 14.0. The average molecular weight is 286 g/mol. The summed E-state index contributed by atoms with van der Waals surface area (Å²) in [5, 5.41) is 17.9. The molecule has 108 valence electrons. The molecule has 0 aliphatic rings. The molecule has 3 N–H and O–H groups in total. The number of rotatable bonds is 11. The summed E-state index contributed by atoms with van der Waals surface area (Å²) < 4.78 is 26.2. The van der Waals surface area contributed by atoms with Gasteiger partial charge in [0, 0.05) is 17.7 Å². The summed E-state index contributed by atoms with van der Waals surface area (Å²) in [6.45, 7) is 3.29. The van der Waals surface area contributed by atoms with Crippen LogP contribution in [0.25, 0.3) is 0 Å². The van der Waals surface area contributed by atoms with Crippen molar-refractivity contribution in [3.05, 3.63) is 0 Å². The van der Waals surface area contributed by atoms with E-state index in [1.807, 2.05) is 0 Å². The Hall–Kier alpha value is -0.180. The van der Waals surface area contributed by atoms with Crippen LogP contribution in [-0.4, -0.2) is 65.6 Å². The third-order valence-corrected chi connectivity index (χ3v) is 2.36. The number of aliphatic hydroxyl groups excluding tert-OH is 2. The molecule has 0 radical (unpaired) electrons. The van der Waals surface area contributed by atoms with Gasteiger partial charge in [-0.25, -0.2) is 4.90 Å². The van der Waals surface area contributed by atoms with E-state index in [1.165, 1.54) is 4.90 Å². The molecule has 18 heavy (non-hydrogen) atoms. The molecule has 0 amide bonds. The van der Waals surface area contributed by atoms with Crippen molar-refractivity contribution in [1.29, 1.82) is 0 Å². The fraction of sp³-hybridized carbons (Fsp3) is 1.00. The zero-order valence-electron chi connectivity index (χ0n) is 10.6. The molecule has 0 aromatic heterocycles. The topological polar surface area (TPSA) is 109 Å². The first kappa shape index (κ1) is 17.8. The largest absolute Gasteiger partial charge is 0.701 e. The van der Waals surface area contributed by atoms with Crippen LogP contribution in [0.15, 0.2) is 0 Å². The van der Waals surface area contributed by atoms with Crippen LogP contribution in [0.1, 0.15) is 13.8 Å². The van der Waals surface area contributed by atoms with Crippen molar-refractivity contribution in [2.45, 2.75) is 19.9 Å². The van der Waals surface area contributed by atoms with Gasteiger partial charge in [-0.05, 0) is 18.4 Å². The van der Waals surface area contributed by atoms with Gasteiger partial charge in [0.15, 0.2) is 0 Å². The molecular weight excluding hydrogens is 265 g/mol. The molecule has 0 rings (SSSR count). The highest BCUT2D eigenvalue weighted by Crippen LogP contribution is 2.31. The van der Waals surface area contributed by atoms with Crippen molar-refractivity contribution in [2.75, 3.05) is 39.5 Å². The minimum Gasteiger partial charge on any atom is -0.395 e. The summed E-state index contributed by atoms with van der Waals surface area (Å²) >= 11 is 0. The molecule has 0 fully saturated rings. The summed E-state index contributed by atoms with van der Waals surface area (Å²) in [6, 6.07) is 0. The van der Waals surface area contributed by atoms with Crippen molar-refractivity contribution in [3.63, 3.8) is 0 Å². The first-order valence-electron chi connectivity index (χ1n) is 5.66. The summed E-state index contributed by atoms with van der Waals surface area (Å²) in [5.41, 5.74) is 0. The highest BCUT2D eigenvalue weighted by Gasteiger charge is 2.48. The number of nitrogens with zero attached hydrogens (tertiary/aromatic N) is 1. The zero-order valence-corrected chi connectivity index (χ0v) is 11.5. The first-order valence-corrected chi connectivity index (χ1v) is 6.79. The Morgan fingerprint density at radius 2 is 1.56 bits per heavy atom. The fourth-order valence-corrected chi connectivity index (χ4v) is 1.84. The monoisotopic (exact) mass is 286 g/mol. The van der Waals surface area contributed by atoms with Crippen LogP contribution in [0.4, 0.5) is 0 Å². The summed E-state index contributed by atoms with van der Waals surface area (Å²) in [6.07, 6.45) is -1.88. The second-order valence-electron chi connectivity index (χ2n) is 3.15. The van der Waals surface area contributed by atoms with Crippen LogP contribution >= 0.6 is 8.25 Å². The van der Waals surface area contributed by atoms with E-state index in [9.17, 15) is 4.57 Å². The molecular formula is C9H21NO7P+. The van der Waals surface area contributed by atoms with E-state index in [-0.39, 0.29) is 39.5 Å². The van der Waals surface area contributed by atoms with Crippen LogP contribution in [0.3, 0.4) is 0 Å². The van der Waals surface area contributed by atoms with Gasteiger partial charge in [-0.3, -0.25) is 0 Å². The van der Waals surface area contributed by atoms with Gasteiger partial charge in [-0.2, -0.15) is 0 Å². The maximum atomic E-state index is 10.9. The molecule has 1 atom stereocenters. The standard InChI is InChI=1S/C9H20NO7P/c1-3-15-9(16-4-2,17-18(13)14)10(5-7-11)6-8-12/h11-12H,3-8H2,1-2H3/p+1. The Kier molecular flexibility index (Phi) is 9.61. The lowest BCUT2D eigenvalue weighted by molar-refractivity contribution is -0.414. The van der Waals surface area contributed by atoms with Crippen molar-refractivity contribution in [2.24, 2.45) is 0 Å². The van der Waals surface area contributed by atoms with Gasteiger partial charge in [-0.15, -0.1) is 4.89 Å². The molecule has 1 unspecified atom stereocenters. The van der Waals surface area contributed by atoms with E-state index in [0.717, 1.165) is 0 Å². The lowest BCUT2D eigenvalue weighted by Gasteiger charge is -2.36. The van der Waals surface area contributed by atoms with Gasteiger partial charge in [0.05, 0.1) is 26.4 Å². The number of ether oxygens (including phenoxy) is 2. The normalized spacial score (nSPS) is 13.1. The van der Waals surface area contributed by atoms with E-state index >= 15 is 0 Å². The Labute approximate surface area is 107 Å². The molecule has 0 saturated heterocycles. The SMILES string of the molecule is CCOC(OCC)(O[P+](=O)O)N(CCO)CCO. The van der Waals surface area contributed by atoms with E-state index in [2.05, 4.69) is 0 Å². The number of hydrogen-bond acceptors (Lipinski definition) is 7. The Bertz CT molecular complexity index is 229. The number of hydrogen-bond donors (Lipinski definition) is 3. The van der Waals surface area contributed by atoms with Gasteiger partial charge in [0.2, 0.25) is 0 Å². The van der Waals surface area contributed by atoms with Crippen molar-refractivity contribution < 1.29 is 33.7 Å².